The van der Waals surface area contributed by atoms with E-state index in [2.05, 4.69) is 0 Å². The maximum absolute atomic E-state index is 11.7. The minimum atomic E-state index is -0.504. The van der Waals surface area contributed by atoms with E-state index in [-0.39, 0.29) is 18.1 Å². The van der Waals surface area contributed by atoms with Crippen molar-refractivity contribution in [3.8, 4) is 0 Å². The Morgan fingerprint density at radius 2 is 1.79 bits per heavy atom. The molecule has 0 atom stereocenters. The smallest absolute Gasteiger partial charge is 0.269 e. The monoisotopic (exact) mass is 267 g/mol. The van der Waals surface area contributed by atoms with Crippen LogP contribution < -0.4 is 0 Å². The number of hydrogen-bond donors (Lipinski definition) is 0. The van der Waals surface area contributed by atoms with Crippen LogP contribution in [0.5, 0.6) is 0 Å². The van der Waals surface area contributed by atoms with E-state index >= 15 is 0 Å². The molecule has 0 aliphatic heterocycles. The number of rotatable bonds is 9. The Morgan fingerprint density at radius 3 is 2.37 bits per heavy atom. The van der Waals surface area contributed by atoms with Crippen molar-refractivity contribution < 1.29 is 19.2 Å². The Morgan fingerprint density at radius 1 is 1.16 bits per heavy atom. The molecule has 1 aromatic rings. The molecule has 0 amide bonds. The van der Waals surface area contributed by atoms with Crippen LogP contribution in [-0.4, -0.2) is 37.1 Å². The zero-order chi connectivity index (χ0) is 14.1. The van der Waals surface area contributed by atoms with Crippen LogP contribution in [-0.2, 0) is 9.47 Å². The fraction of sp³-hybridized carbons (Fsp3) is 0.462. The van der Waals surface area contributed by atoms with Crippen LogP contribution in [0.1, 0.15) is 23.7 Å². The van der Waals surface area contributed by atoms with Gasteiger partial charge in [0.2, 0.25) is 0 Å². The predicted octanol–water partition coefficient (Wildman–Crippen LogP) is 2.22. The van der Waals surface area contributed by atoms with Gasteiger partial charge in [0.05, 0.1) is 18.1 Å². The minimum Gasteiger partial charge on any atom is -0.379 e. The first-order valence-corrected chi connectivity index (χ1v) is 6.08. The van der Waals surface area contributed by atoms with Gasteiger partial charge in [0.15, 0.2) is 5.78 Å². The summed E-state index contributed by atoms with van der Waals surface area (Å²) in [6.45, 7) is 3.46. The van der Waals surface area contributed by atoms with Crippen LogP contribution in [0, 0.1) is 10.1 Å². The lowest BCUT2D eigenvalue weighted by Gasteiger charge is -2.04. The molecule has 0 bridgehead atoms. The van der Waals surface area contributed by atoms with E-state index in [4.69, 9.17) is 9.47 Å². The van der Waals surface area contributed by atoms with Crippen molar-refractivity contribution in [2.24, 2.45) is 0 Å². The number of hydrogen-bond acceptors (Lipinski definition) is 5. The normalized spacial score (nSPS) is 10.4. The summed E-state index contributed by atoms with van der Waals surface area (Å²) in [6, 6.07) is 5.46. The zero-order valence-corrected chi connectivity index (χ0v) is 10.8. The summed E-state index contributed by atoms with van der Waals surface area (Å²) in [5.74, 6) is -0.203. The Balaban J connectivity index is 2.31. The fourth-order valence-electron chi connectivity index (χ4n) is 1.38. The van der Waals surface area contributed by atoms with Crippen LogP contribution in [0.2, 0.25) is 0 Å². The molecule has 0 aliphatic carbocycles. The number of nitro groups is 1. The summed E-state index contributed by atoms with van der Waals surface area (Å²) in [6.07, 6.45) is 0.946. The van der Waals surface area contributed by atoms with E-state index in [9.17, 15) is 14.9 Å². The number of ether oxygens (including phenoxy) is 2. The molecule has 0 heterocycles. The third-order valence-electron chi connectivity index (χ3n) is 2.35. The number of carbonyl (C=O) groups is 1. The number of nitrogens with zero attached hydrogens (tertiary/aromatic N) is 1. The number of benzene rings is 1. The molecular weight excluding hydrogens is 250 g/mol. The van der Waals surface area contributed by atoms with Gasteiger partial charge < -0.3 is 9.47 Å². The Bertz CT molecular complexity index is 416. The van der Waals surface area contributed by atoms with Crippen LogP contribution in [0.15, 0.2) is 24.3 Å². The first kappa shape index (κ1) is 15.3. The third-order valence-corrected chi connectivity index (χ3v) is 2.35. The summed E-state index contributed by atoms with van der Waals surface area (Å²) in [5.41, 5.74) is 0.366. The molecule has 0 spiro atoms. The van der Waals surface area contributed by atoms with Crippen molar-refractivity contribution >= 4 is 11.5 Å². The van der Waals surface area contributed by atoms with Crippen LogP contribution in [0.4, 0.5) is 5.69 Å². The number of nitro benzene ring substituents is 1. The second-order valence-electron chi connectivity index (χ2n) is 3.89. The van der Waals surface area contributed by atoms with E-state index in [1.165, 1.54) is 24.3 Å². The third kappa shape index (κ3) is 5.58. The van der Waals surface area contributed by atoms with Crippen molar-refractivity contribution in [2.45, 2.75) is 13.3 Å². The largest absolute Gasteiger partial charge is 0.379 e. The second kappa shape index (κ2) is 8.34. The summed E-state index contributed by atoms with van der Waals surface area (Å²) in [4.78, 5) is 21.6. The van der Waals surface area contributed by atoms with Gasteiger partial charge in [-0.2, -0.15) is 0 Å². The molecule has 0 unspecified atom stereocenters. The van der Waals surface area contributed by atoms with Gasteiger partial charge >= 0.3 is 0 Å². The van der Waals surface area contributed by atoms with E-state index in [1.807, 2.05) is 6.92 Å². The Labute approximate surface area is 111 Å². The van der Waals surface area contributed by atoms with E-state index in [1.54, 1.807) is 0 Å². The van der Waals surface area contributed by atoms with Crippen LogP contribution in [0.3, 0.4) is 0 Å². The molecule has 0 aromatic heterocycles. The molecule has 19 heavy (non-hydrogen) atoms. The van der Waals surface area contributed by atoms with Gasteiger partial charge in [0.1, 0.15) is 6.61 Å². The zero-order valence-electron chi connectivity index (χ0n) is 10.8. The van der Waals surface area contributed by atoms with Crippen LogP contribution >= 0.6 is 0 Å². The van der Waals surface area contributed by atoms with Crippen LogP contribution in [0.25, 0.3) is 0 Å². The lowest BCUT2D eigenvalue weighted by Crippen LogP contribution is -2.12. The molecule has 0 fully saturated rings. The Hall–Kier alpha value is -1.79. The van der Waals surface area contributed by atoms with Gasteiger partial charge in [-0.3, -0.25) is 14.9 Å². The maximum Gasteiger partial charge on any atom is 0.269 e. The molecule has 6 nitrogen and oxygen atoms in total. The molecule has 6 heteroatoms. The highest BCUT2D eigenvalue weighted by molar-refractivity contribution is 5.97. The molecular formula is C13H17NO5. The number of carbonyl (C=O) groups excluding carboxylic acids is 1. The number of non-ortho nitro benzene ring substituents is 1. The maximum atomic E-state index is 11.7. The first-order chi connectivity index (χ1) is 9.15. The highest BCUT2D eigenvalue weighted by atomic mass is 16.6. The lowest BCUT2D eigenvalue weighted by molar-refractivity contribution is -0.384. The molecule has 0 saturated heterocycles. The molecule has 1 aromatic carbocycles. The van der Waals surface area contributed by atoms with Crippen molar-refractivity contribution in [1.29, 1.82) is 0 Å². The Kier molecular flexibility index (Phi) is 6.70. The summed E-state index contributed by atoms with van der Waals surface area (Å²) < 4.78 is 10.4. The molecule has 0 radical (unpaired) electrons. The highest BCUT2D eigenvalue weighted by Gasteiger charge is 2.09. The molecule has 104 valence electrons. The lowest BCUT2D eigenvalue weighted by atomic mass is 10.1. The van der Waals surface area contributed by atoms with Gasteiger partial charge in [-0.15, -0.1) is 0 Å². The molecule has 0 N–H and O–H groups in total. The quantitative estimate of drug-likeness (QED) is 0.296. The SMILES string of the molecule is CCCOCCOCC(=O)c1ccc([N+](=O)[O-])cc1. The highest BCUT2D eigenvalue weighted by Crippen LogP contribution is 2.12. The van der Waals surface area contributed by atoms with Gasteiger partial charge in [0, 0.05) is 24.3 Å². The topological polar surface area (TPSA) is 78.7 Å². The average Bonchev–Trinajstić information content (AvgIpc) is 2.42. The molecule has 1 rings (SSSR count). The van der Waals surface area contributed by atoms with Gasteiger partial charge in [-0.1, -0.05) is 6.92 Å². The van der Waals surface area contributed by atoms with Crippen molar-refractivity contribution in [3.63, 3.8) is 0 Å². The van der Waals surface area contributed by atoms with E-state index in [0.29, 0.717) is 25.4 Å². The number of ketones is 1. The summed E-state index contributed by atoms with van der Waals surface area (Å²) >= 11 is 0. The van der Waals surface area contributed by atoms with Gasteiger partial charge in [-0.05, 0) is 18.6 Å². The van der Waals surface area contributed by atoms with Crippen molar-refractivity contribution in [2.75, 3.05) is 26.4 Å². The van der Waals surface area contributed by atoms with E-state index in [0.717, 1.165) is 6.42 Å². The fourth-order valence-corrected chi connectivity index (χ4v) is 1.38. The van der Waals surface area contributed by atoms with Gasteiger partial charge in [0.25, 0.3) is 5.69 Å². The summed E-state index contributed by atoms with van der Waals surface area (Å²) in [7, 11) is 0. The average molecular weight is 267 g/mol. The molecule has 0 aliphatic rings. The van der Waals surface area contributed by atoms with Crippen molar-refractivity contribution in [1.82, 2.24) is 0 Å². The van der Waals surface area contributed by atoms with Crippen molar-refractivity contribution in [3.05, 3.63) is 39.9 Å². The second-order valence-corrected chi connectivity index (χ2v) is 3.89. The predicted molar refractivity (Wildman–Crippen MR) is 69.4 cm³/mol. The van der Waals surface area contributed by atoms with E-state index < -0.39 is 4.92 Å². The number of Topliss-reactive ketones (excluding diaryl/α,β-unsaturated/α-hetero) is 1. The standard InChI is InChI=1S/C13H17NO5/c1-2-7-18-8-9-19-10-13(15)11-3-5-12(6-4-11)14(16)17/h3-6H,2,7-10H2,1H3. The first-order valence-electron chi connectivity index (χ1n) is 6.08. The van der Waals surface area contributed by atoms with Gasteiger partial charge in [-0.25, -0.2) is 0 Å². The molecule has 0 saturated carbocycles. The summed E-state index contributed by atoms with van der Waals surface area (Å²) in [5, 5.41) is 10.5. The minimum absolute atomic E-state index is 0.0366.